The van der Waals surface area contributed by atoms with E-state index < -0.39 is 6.04 Å². The van der Waals surface area contributed by atoms with Gasteiger partial charge in [0.15, 0.2) is 0 Å². The molecule has 0 bridgehead atoms. The second-order valence-corrected chi connectivity index (χ2v) is 8.83. The lowest BCUT2D eigenvalue weighted by Gasteiger charge is -2.32. The van der Waals surface area contributed by atoms with Crippen molar-refractivity contribution < 1.29 is 9.59 Å². The molecule has 182 valence electrons. The Morgan fingerprint density at radius 2 is 1.08 bits per heavy atom. The average Bonchev–Trinajstić information content (AvgIpc) is 2.94. The molecule has 1 N–H and O–H groups in total. The molecule has 2 amide bonds. The van der Waals surface area contributed by atoms with E-state index in [0.29, 0.717) is 25.9 Å². The number of aryl methyl sites for hydroxylation is 1. The van der Waals surface area contributed by atoms with E-state index >= 15 is 0 Å². The van der Waals surface area contributed by atoms with Gasteiger partial charge in [-0.15, -0.1) is 0 Å². The molecule has 0 aliphatic carbocycles. The number of carbonyl (C=O) groups excluding carboxylic acids is 2. The maximum Gasteiger partial charge on any atom is 0.247 e. The van der Waals surface area contributed by atoms with Gasteiger partial charge in [-0.3, -0.25) is 9.59 Å². The maximum atomic E-state index is 13.7. The van der Waals surface area contributed by atoms with Gasteiger partial charge in [0.1, 0.15) is 6.04 Å². The van der Waals surface area contributed by atoms with Crippen molar-refractivity contribution in [3.05, 3.63) is 144 Å². The fourth-order valence-corrected chi connectivity index (χ4v) is 4.32. The number of hydrogen-bond acceptors (Lipinski definition) is 2. The van der Waals surface area contributed by atoms with Crippen molar-refractivity contribution in [2.75, 3.05) is 6.54 Å². The van der Waals surface area contributed by atoms with Crippen LogP contribution in [0.3, 0.4) is 0 Å². The lowest BCUT2D eigenvalue weighted by molar-refractivity contribution is -0.141. The van der Waals surface area contributed by atoms with Gasteiger partial charge in [-0.25, -0.2) is 0 Å². The molecule has 0 aromatic heterocycles. The lowest BCUT2D eigenvalue weighted by atomic mass is 10.0. The van der Waals surface area contributed by atoms with E-state index in [-0.39, 0.29) is 11.8 Å². The van der Waals surface area contributed by atoms with E-state index in [2.05, 4.69) is 17.4 Å². The van der Waals surface area contributed by atoms with E-state index in [1.165, 1.54) is 0 Å². The summed E-state index contributed by atoms with van der Waals surface area (Å²) in [6.07, 6.45) is 1.69. The molecule has 0 saturated carbocycles. The predicted molar refractivity (Wildman–Crippen MR) is 144 cm³/mol. The van der Waals surface area contributed by atoms with Gasteiger partial charge < -0.3 is 10.2 Å². The molecular formula is C32H32N2O2. The van der Waals surface area contributed by atoms with Crippen LogP contribution < -0.4 is 5.32 Å². The van der Waals surface area contributed by atoms with Crippen LogP contribution in [0.15, 0.2) is 121 Å². The van der Waals surface area contributed by atoms with Crippen molar-refractivity contribution in [3.8, 4) is 0 Å². The molecule has 36 heavy (non-hydrogen) atoms. The maximum absolute atomic E-state index is 13.7. The molecule has 0 aliphatic heterocycles. The molecule has 4 aromatic rings. The Bertz CT molecular complexity index is 1210. The quantitative estimate of drug-likeness (QED) is 0.300. The smallest absolute Gasteiger partial charge is 0.247 e. The molecule has 0 fully saturated rings. The minimum Gasteiger partial charge on any atom is -0.354 e. The molecular weight excluding hydrogens is 444 g/mol. The van der Waals surface area contributed by atoms with Crippen LogP contribution in [-0.2, 0) is 29.0 Å². The van der Waals surface area contributed by atoms with E-state index in [1.807, 2.05) is 109 Å². The highest BCUT2D eigenvalue weighted by Gasteiger charge is 2.31. The normalized spacial score (nSPS) is 11.4. The topological polar surface area (TPSA) is 49.4 Å². The van der Waals surface area contributed by atoms with Crippen LogP contribution in [0.1, 0.15) is 34.7 Å². The fourth-order valence-electron chi connectivity index (χ4n) is 4.32. The minimum absolute atomic E-state index is 0.0465. The minimum atomic E-state index is -0.717. The van der Waals surface area contributed by atoms with Crippen LogP contribution >= 0.6 is 0 Å². The first-order valence-electron chi connectivity index (χ1n) is 12.4. The summed E-state index contributed by atoms with van der Waals surface area (Å²) in [7, 11) is 0. The molecule has 4 nitrogen and oxygen atoms in total. The number of hydrogen-bond donors (Lipinski definition) is 1. The van der Waals surface area contributed by atoms with Gasteiger partial charge >= 0.3 is 0 Å². The van der Waals surface area contributed by atoms with Gasteiger partial charge in [0.25, 0.3) is 0 Å². The highest BCUT2D eigenvalue weighted by atomic mass is 16.2. The highest BCUT2D eigenvalue weighted by molar-refractivity contribution is 5.88. The molecule has 0 radical (unpaired) electrons. The highest BCUT2D eigenvalue weighted by Crippen LogP contribution is 2.25. The van der Waals surface area contributed by atoms with Crippen LogP contribution in [0.25, 0.3) is 0 Å². The summed E-state index contributed by atoms with van der Waals surface area (Å²) in [5, 5.41) is 3.09. The third kappa shape index (κ3) is 7.16. The summed E-state index contributed by atoms with van der Waals surface area (Å²) >= 11 is 0. The van der Waals surface area contributed by atoms with Crippen molar-refractivity contribution in [2.45, 2.75) is 31.8 Å². The van der Waals surface area contributed by atoms with Gasteiger partial charge in [0.2, 0.25) is 11.8 Å². The molecule has 0 aliphatic rings. The third-order valence-electron chi connectivity index (χ3n) is 6.22. The first kappa shape index (κ1) is 24.9. The number of amides is 2. The van der Waals surface area contributed by atoms with Crippen molar-refractivity contribution >= 4 is 11.8 Å². The number of carbonyl (C=O) groups is 2. The monoisotopic (exact) mass is 476 g/mol. The summed E-state index contributed by atoms with van der Waals surface area (Å²) in [6, 6.07) is 38.8. The second-order valence-electron chi connectivity index (χ2n) is 8.83. The van der Waals surface area contributed by atoms with Crippen molar-refractivity contribution in [3.63, 3.8) is 0 Å². The first-order valence-corrected chi connectivity index (χ1v) is 12.4. The third-order valence-corrected chi connectivity index (χ3v) is 6.22. The zero-order chi connectivity index (χ0) is 25.0. The van der Waals surface area contributed by atoms with Crippen molar-refractivity contribution in [2.24, 2.45) is 0 Å². The van der Waals surface area contributed by atoms with Gasteiger partial charge in [-0.05, 0) is 35.1 Å². The number of benzene rings is 4. The van der Waals surface area contributed by atoms with Crippen molar-refractivity contribution in [1.29, 1.82) is 0 Å². The summed E-state index contributed by atoms with van der Waals surface area (Å²) in [5.41, 5.74) is 4.06. The van der Waals surface area contributed by atoms with Crippen LogP contribution in [0.5, 0.6) is 0 Å². The van der Waals surface area contributed by atoms with E-state index in [0.717, 1.165) is 28.7 Å². The molecule has 0 saturated heterocycles. The zero-order valence-electron chi connectivity index (χ0n) is 20.4. The standard InChI is InChI=1S/C32H32N2O2/c35-30(22-21-26-13-5-1-6-14-26)34(25-28-17-9-3-10-18-28)31(29-19-11-4-12-20-29)32(36)33-24-23-27-15-7-2-8-16-27/h1-20,31H,21-25H2,(H,33,36)/t31-/m0/s1. The largest absolute Gasteiger partial charge is 0.354 e. The Balaban J connectivity index is 1.57. The van der Waals surface area contributed by atoms with Gasteiger partial charge in [0.05, 0.1) is 0 Å². The predicted octanol–water partition coefficient (Wildman–Crippen LogP) is 5.75. The van der Waals surface area contributed by atoms with E-state index in [4.69, 9.17) is 0 Å². The average molecular weight is 477 g/mol. The van der Waals surface area contributed by atoms with Crippen LogP contribution in [0.4, 0.5) is 0 Å². The zero-order valence-corrected chi connectivity index (χ0v) is 20.4. The molecule has 0 spiro atoms. The van der Waals surface area contributed by atoms with E-state index in [9.17, 15) is 9.59 Å². The Hall–Kier alpha value is -4.18. The van der Waals surface area contributed by atoms with Crippen molar-refractivity contribution in [1.82, 2.24) is 10.2 Å². The lowest BCUT2D eigenvalue weighted by Crippen LogP contribution is -2.44. The van der Waals surface area contributed by atoms with Gasteiger partial charge in [0, 0.05) is 19.5 Å². The Kier molecular flexibility index (Phi) is 9.04. The molecule has 0 unspecified atom stereocenters. The number of nitrogens with zero attached hydrogens (tertiary/aromatic N) is 1. The Morgan fingerprint density at radius 1 is 0.611 bits per heavy atom. The summed E-state index contributed by atoms with van der Waals surface area (Å²) in [4.78, 5) is 29.0. The Labute approximate surface area is 213 Å². The Morgan fingerprint density at radius 3 is 1.64 bits per heavy atom. The van der Waals surface area contributed by atoms with Gasteiger partial charge in [-0.2, -0.15) is 0 Å². The first-order chi connectivity index (χ1) is 17.7. The van der Waals surface area contributed by atoms with Gasteiger partial charge in [-0.1, -0.05) is 121 Å². The van der Waals surface area contributed by atoms with E-state index in [1.54, 1.807) is 4.90 Å². The summed E-state index contributed by atoms with van der Waals surface area (Å²) < 4.78 is 0. The molecule has 0 heterocycles. The number of rotatable bonds is 11. The second kappa shape index (κ2) is 13.1. The number of nitrogens with one attached hydrogen (secondary N) is 1. The van der Waals surface area contributed by atoms with Crippen LogP contribution in [-0.4, -0.2) is 23.3 Å². The SMILES string of the molecule is O=C(NCCc1ccccc1)[C@H](c1ccccc1)N(Cc1ccccc1)C(=O)CCc1ccccc1. The van der Waals surface area contributed by atoms with Crippen LogP contribution in [0.2, 0.25) is 0 Å². The summed E-state index contributed by atoms with van der Waals surface area (Å²) in [5.74, 6) is -0.212. The molecule has 4 rings (SSSR count). The molecule has 1 atom stereocenters. The fraction of sp³-hybridized carbons (Fsp3) is 0.188. The van der Waals surface area contributed by atoms with Crippen LogP contribution in [0, 0.1) is 0 Å². The molecule has 4 aromatic carbocycles. The molecule has 4 heteroatoms. The summed E-state index contributed by atoms with van der Waals surface area (Å²) in [6.45, 7) is 0.865.